The van der Waals surface area contributed by atoms with Crippen LogP contribution in [0.2, 0.25) is 0 Å². The molecule has 0 radical (unpaired) electrons. The monoisotopic (exact) mass is 295 g/mol. The van der Waals surface area contributed by atoms with Crippen LogP contribution in [0.25, 0.3) is 0 Å². The molecular weight excluding hydrogens is 282 g/mol. The molecule has 2 rings (SSSR count). The fourth-order valence-electron chi connectivity index (χ4n) is 1.61. The average molecular weight is 296 g/mol. The van der Waals surface area contributed by atoms with E-state index in [-0.39, 0.29) is 0 Å². The second kappa shape index (κ2) is 5.62. The minimum atomic E-state index is 0.926. The number of hydrogen-bond acceptors (Lipinski definition) is 2. The van der Waals surface area contributed by atoms with E-state index in [1.807, 2.05) is 0 Å². The molecule has 0 aliphatic carbocycles. The van der Waals surface area contributed by atoms with E-state index >= 15 is 0 Å². The molecular formula is C13H14BrNS. The van der Waals surface area contributed by atoms with E-state index in [2.05, 4.69) is 63.9 Å². The summed E-state index contributed by atoms with van der Waals surface area (Å²) in [5, 5.41) is 5.62. The normalized spacial score (nSPS) is 10.6. The predicted molar refractivity (Wildman–Crippen MR) is 73.7 cm³/mol. The highest BCUT2D eigenvalue weighted by Crippen LogP contribution is 2.20. The van der Waals surface area contributed by atoms with E-state index in [1.54, 1.807) is 11.3 Å². The maximum Gasteiger partial charge on any atom is 0.0701 e. The molecule has 0 aliphatic heterocycles. The number of rotatable bonds is 4. The zero-order chi connectivity index (χ0) is 11.4. The Bertz CT molecular complexity index is 464. The Hall–Kier alpha value is -0.640. The van der Waals surface area contributed by atoms with E-state index in [9.17, 15) is 0 Å². The van der Waals surface area contributed by atoms with Gasteiger partial charge in [-0.15, -0.1) is 11.3 Å². The molecule has 0 saturated heterocycles. The molecule has 2 aromatic rings. The number of benzene rings is 1. The molecule has 0 amide bonds. The van der Waals surface area contributed by atoms with Gasteiger partial charge in [0.25, 0.3) is 0 Å². The first-order valence-electron chi connectivity index (χ1n) is 5.23. The average Bonchev–Trinajstić information content (AvgIpc) is 2.64. The first kappa shape index (κ1) is 11.8. The van der Waals surface area contributed by atoms with Crippen molar-refractivity contribution in [2.45, 2.75) is 20.0 Å². The number of aryl methyl sites for hydroxylation is 1. The first-order chi connectivity index (χ1) is 7.74. The summed E-state index contributed by atoms with van der Waals surface area (Å²) in [5.74, 6) is 0. The quantitative estimate of drug-likeness (QED) is 0.895. The van der Waals surface area contributed by atoms with Crippen molar-refractivity contribution in [3.05, 3.63) is 56.2 Å². The molecule has 3 heteroatoms. The van der Waals surface area contributed by atoms with Gasteiger partial charge in [-0.05, 0) is 45.4 Å². The van der Waals surface area contributed by atoms with Crippen molar-refractivity contribution in [2.24, 2.45) is 0 Å². The number of nitrogens with one attached hydrogen (secondary N) is 1. The van der Waals surface area contributed by atoms with Gasteiger partial charge in [-0.1, -0.05) is 29.8 Å². The van der Waals surface area contributed by atoms with Crippen molar-refractivity contribution in [3.63, 3.8) is 0 Å². The van der Waals surface area contributed by atoms with Crippen molar-refractivity contribution in [1.82, 2.24) is 5.32 Å². The fourth-order valence-corrected chi connectivity index (χ4v) is 2.82. The highest BCUT2D eigenvalue weighted by Gasteiger charge is 1.97. The van der Waals surface area contributed by atoms with E-state index < -0.39 is 0 Å². The van der Waals surface area contributed by atoms with E-state index in [0.29, 0.717) is 0 Å². The molecule has 0 saturated carbocycles. The summed E-state index contributed by atoms with van der Waals surface area (Å²) in [4.78, 5) is 0. The summed E-state index contributed by atoms with van der Waals surface area (Å²) in [6, 6.07) is 10.8. The van der Waals surface area contributed by atoms with Crippen LogP contribution in [0.4, 0.5) is 0 Å². The largest absolute Gasteiger partial charge is 0.309 e. The molecule has 0 unspecified atom stereocenters. The molecule has 1 aromatic carbocycles. The molecule has 0 aliphatic rings. The molecule has 1 aromatic heterocycles. The second-order valence-electron chi connectivity index (χ2n) is 3.85. The lowest BCUT2D eigenvalue weighted by Gasteiger charge is -2.04. The summed E-state index contributed by atoms with van der Waals surface area (Å²) in [5.41, 5.74) is 4.00. The Morgan fingerprint density at radius 1 is 1.19 bits per heavy atom. The van der Waals surface area contributed by atoms with Crippen LogP contribution >= 0.6 is 27.3 Å². The number of halogens is 1. The minimum absolute atomic E-state index is 0.926. The lowest BCUT2D eigenvalue weighted by Crippen LogP contribution is -2.12. The molecule has 0 fully saturated rings. The molecule has 1 heterocycles. The van der Waals surface area contributed by atoms with Crippen molar-refractivity contribution in [1.29, 1.82) is 0 Å². The van der Waals surface area contributed by atoms with Crippen LogP contribution in [0, 0.1) is 6.92 Å². The number of thiophene rings is 1. The van der Waals surface area contributed by atoms with Gasteiger partial charge in [0.2, 0.25) is 0 Å². The Morgan fingerprint density at radius 3 is 2.69 bits per heavy atom. The van der Waals surface area contributed by atoms with Crippen molar-refractivity contribution in [2.75, 3.05) is 0 Å². The Balaban J connectivity index is 1.84. The minimum Gasteiger partial charge on any atom is -0.309 e. The highest BCUT2D eigenvalue weighted by molar-refractivity contribution is 9.11. The third-order valence-electron chi connectivity index (χ3n) is 2.36. The van der Waals surface area contributed by atoms with Crippen LogP contribution in [0.5, 0.6) is 0 Å². The van der Waals surface area contributed by atoms with Gasteiger partial charge in [-0.3, -0.25) is 0 Å². The van der Waals surface area contributed by atoms with Crippen LogP contribution in [0.3, 0.4) is 0 Å². The summed E-state index contributed by atoms with van der Waals surface area (Å²) in [7, 11) is 0. The summed E-state index contributed by atoms with van der Waals surface area (Å²) < 4.78 is 1.19. The molecule has 0 atom stereocenters. The summed E-state index contributed by atoms with van der Waals surface area (Å²) in [6.45, 7) is 3.98. The molecule has 0 spiro atoms. The lowest BCUT2D eigenvalue weighted by atomic mass is 10.1. The lowest BCUT2D eigenvalue weighted by molar-refractivity contribution is 0.694. The van der Waals surface area contributed by atoms with Gasteiger partial charge >= 0.3 is 0 Å². The topological polar surface area (TPSA) is 12.0 Å². The van der Waals surface area contributed by atoms with Gasteiger partial charge in [0.1, 0.15) is 0 Å². The zero-order valence-electron chi connectivity index (χ0n) is 9.16. The maximum absolute atomic E-state index is 3.47. The van der Waals surface area contributed by atoms with Crippen LogP contribution in [0.1, 0.15) is 16.7 Å². The van der Waals surface area contributed by atoms with Gasteiger partial charge in [0.15, 0.2) is 0 Å². The van der Waals surface area contributed by atoms with Gasteiger partial charge in [0.05, 0.1) is 3.79 Å². The molecule has 0 bridgehead atoms. The smallest absolute Gasteiger partial charge is 0.0701 e. The van der Waals surface area contributed by atoms with Crippen LogP contribution in [-0.2, 0) is 13.1 Å². The number of hydrogen-bond donors (Lipinski definition) is 1. The molecule has 16 heavy (non-hydrogen) atoms. The SMILES string of the molecule is Cc1cccc(CNCc2csc(Br)c2)c1. The van der Waals surface area contributed by atoms with E-state index in [0.717, 1.165) is 13.1 Å². The molecule has 1 N–H and O–H groups in total. The van der Waals surface area contributed by atoms with E-state index in [4.69, 9.17) is 0 Å². The third-order valence-corrected chi connectivity index (χ3v) is 3.92. The second-order valence-corrected chi connectivity index (χ2v) is 6.14. The summed E-state index contributed by atoms with van der Waals surface area (Å²) >= 11 is 5.20. The standard InChI is InChI=1S/C13H14BrNS/c1-10-3-2-4-11(5-10)7-15-8-12-6-13(14)16-9-12/h2-6,9,15H,7-8H2,1H3. The Labute approximate surface area is 109 Å². The van der Waals surface area contributed by atoms with Crippen LogP contribution < -0.4 is 5.32 Å². The van der Waals surface area contributed by atoms with Crippen molar-refractivity contribution in [3.8, 4) is 0 Å². The van der Waals surface area contributed by atoms with Gasteiger partial charge in [0, 0.05) is 13.1 Å². The maximum atomic E-state index is 3.47. The molecule has 84 valence electrons. The Kier molecular flexibility index (Phi) is 4.16. The van der Waals surface area contributed by atoms with Crippen molar-refractivity contribution >= 4 is 27.3 Å². The van der Waals surface area contributed by atoms with E-state index in [1.165, 1.54) is 20.5 Å². The fraction of sp³-hybridized carbons (Fsp3) is 0.231. The van der Waals surface area contributed by atoms with Crippen LogP contribution in [0.15, 0.2) is 39.5 Å². The Morgan fingerprint density at radius 2 is 2.00 bits per heavy atom. The first-order valence-corrected chi connectivity index (χ1v) is 6.90. The van der Waals surface area contributed by atoms with Gasteiger partial charge in [-0.25, -0.2) is 0 Å². The highest BCUT2D eigenvalue weighted by atomic mass is 79.9. The van der Waals surface area contributed by atoms with Gasteiger partial charge in [-0.2, -0.15) is 0 Å². The third kappa shape index (κ3) is 3.44. The zero-order valence-corrected chi connectivity index (χ0v) is 11.6. The predicted octanol–water partition coefficient (Wildman–Crippen LogP) is 4.11. The van der Waals surface area contributed by atoms with Crippen LogP contribution in [-0.4, -0.2) is 0 Å². The summed E-state index contributed by atoms with van der Waals surface area (Å²) in [6.07, 6.45) is 0. The van der Waals surface area contributed by atoms with Gasteiger partial charge < -0.3 is 5.32 Å². The van der Waals surface area contributed by atoms with Crippen molar-refractivity contribution < 1.29 is 0 Å². The molecule has 1 nitrogen and oxygen atoms in total.